The lowest BCUT2D eigenvalue weighted by atomic mass is 9.82. The summed E-state index contributed by atoms with van der Waals surface area (Å²) in [5, 5.41) is 10.2. The third kappa shape index (κ3) is 4.93. The first-order valence-corrected chi connectivity index (χ1v) is 9.83. The number of rotatable bonds is 6. The van der Waals surface area contributed by atoms with Crippen LogP contribution in [0, 0.1) is 11.6 Å². The average molecular weight is 403 g/mol. The molecular formula is C23H27F2NO3. The molecule has 156 valence electrons. The first-order valence-electron chi connectivity index (χ1n) is 9.83. The minimum atomic E-state index is -0.927. The van der Waals surface area contributed by atoms with E-state index in [1.54, 1.807) is 43.0 Å². The van der Waals surface area contributed by atoms with Crippen LogP contribution in [0.4, 0.5) is 13.6 Å². The largest absolute Gasteiger partial charge is 0.438 e. The second-order valence-corrected chi connectivity index (χ2v) is 8.35. The first-order chi connectivity index (χ1) is 13.6. The molecule has 3 rings (SSSR count). The highest BCUT2D eigenvalue weighted by atomic mass is 19.1. The van der Waals surface area contributed by atoms with Gasteiger partial charge in [0.05, 0.1) is 11.6 Å². The van der Waals surface area contributed by atoms with Gasteiger partial charge >= 0.3 is 6.09 Å². The summed E-state index contributed by atoms with van der Waals surface area (Å²) in [6.07, 6.45) is 0.872. The third-order valence-electron chi connectivity index (χ3n) is 5.60. The topological polar surface area (TPSA) is 49.8 Å². The zero-order valence-corrected chi connectivity index (χ0v) is 17.0. The lowest BCUT2D eigenvalue weighted by molar-refractivity contribution is -0.0768. The molecule has 2 aromatic rings. The summed E-state index contributed by atoms with van der Waals surface area (Å²) in [6, 6.07) is 11.7. The predicted octanol–water partition coefficient (Wildman–Crippen LogP) is 5.31. The van der Waals surface area contributed by atoms with Gasteiger partial charge in [-0.25, -0.2) is 13.6 Å². The van der Waals surface area contributed by atoms with Crippen molar-refractivity contribution in [2.75, 3.05) is 6.54 Å². The van der Waals surface area contributed by atoms with Crippen LogP contribution in [0.15, 0.2) is 48.5 Å². The highest BCUT2D eigenvalue weighted by Gasteiger charge is 2.44. The van der Waals surface area contributed by atoms with Gasteiger partial charge in [0.15, 0.2) is 0 Å². The molecule has 1 amide bonds. The molecule has 0 spiro atoms. The highest BCUT2D eigenvalue weighted by molar-refractivity contribution is 5.70. The maximum Gasteiger partial charge on any atom is 0.411 e. The van der Waals surface area contributed by atoms with Gasteiger partial charge in [0.25, 0.3) is 0 Å². The van der Waals surface area contributed by atoms with Crippen molar-refractivity contribution in [2.24, 2.45) is 0 Å². The SMILES string of the molecule is C[C@@H](c1ccc(F)cc1)N1CC[C@](CCC(C)(C)O)(c2ccc(F)cc2)OC1=O. The number of halogens is 2. The van der Waals surface area contributed by atoms with Crippen LogP contribution < -0.4 is 0 Å². The smallest absolute Gasteiger partial charge is 0.411 e. The summed E-state index contributed by atoms with van der Waals surface area (Å²) < 4.78 is 32.6. The van der Waals surface area contributed by atoms with E-state index >= 15 is 0 Å². The first kappa shape index (κ1) is 21.2. The normalized spacial score (nSPS) is 21.0. The fourth-order valence-electron chi connectivity index (χ4n) is 3.73. The third-order valence-corrected chi connectivity index (χ3v) is 5.60. The van der Waals surface area contributed by atoms with Crippen LogP contribution in [-0.4, -0.2) is 28.2 Å². The van der Waals surface area contributed by atoms with Crippen molar-refractivity contribution in [2.45, 2.75) is 57.3 Å². The van der Waals surface area contributed by atoms with E-state index < -0.39 is 17.3 Å². The Morgan fingerprint density at radius 1 is 1.10 bits per heavy atom. The van der Waals surface area contributed by atoms with Crippen LogP contribution in [-0.2, 0) is 10.3 Å². The molecule has 1 N–H and O–H groups in total. The second-order valence-electron chi connectivity index (χ2n) is 8.35. The minimum absolute atomic E-state index is 0.274. The second kappa shape index (κ2) is 8.11. The van der Waals surface area contributed by atoms with Crippen LogP contribution in [0.25, 0.3) is 0 Å². The van der Waals surface area contributed by atoms with Gasteiger partial charge < -0.3 is 14.7 Å². The van der Waals surface area contributed by atoms with Crippen molar-refractivity contribution in [3.63, 3.8) is 0 Å². The van der Waals surface area contributed by atoms with Crippen molar-refractivity contribution in [1.82, 2.24) is 4.90 Å². The summed E-state index contributed by atoms with van der Waals surface area (Å²) in [5.41, 5.74) is -0.318. The van der Waals surface area contributed by atoms with Crippen molar-refractivity contribution >= 4 is 6.09 Å². The van der Waals surface area contributed by atoms with E-state index in [1.165, 1.54) is 24.3 Å². The van der Waals surface area contributed by atoms with Crippen LogP contribution in [0.2, 0.25) is 0 Å². The van der Waals surface area contributed by atoms with E-state index in [0.29, 0.717) is 31.4 Å². The summed E-state index contributed by atoms with van der Waals surface area (Å²) in [5.74, 6) is -0.691. The van der Waals surface area contributed by atoms with E-state index in [0.717, 1.165) is 5.56 Å². The van der Waals surface area contributed by atoms with Gasteiger partial charge in [0, 0.05) is 13.0 Å². The lowest BCUT2D eigenvalue weighted by Crippen LogP contribution is -2.49. The van der Waals surface area contributed by atoms with Crippen molar-refractivity contribution in [3.05, 3.63) is 71.3 Å². The molecule has 0 unspecified atom stereocenters. The number of carbonyl (C=O) groups excluding carboxylic acids is 1. The summed E-state index contributed by atoms with van der Waals surface area (Å²) in [4.78, 5) is 14.6. The molecule has 0 bridgehead atoms. The molecule has 2 atom stereocenters. The number of amides is 1. The fraction of sp³-hybridized carbons (Fsp3) is 0.435. The van der Waals surface area contributed by atoms with Gasteiger partial charge in [-0.1, -0.05) is 24.3 Å². The molecule has 29 heavy (non-hydrogen) atoms. The van der Waals surface area contributed by atoms with Crippen LogP contribution in [0.3, 0.4) is 0 Å². The summed E-state index contributed by atoms with van der Waals surface area (Å²) >= 11 is 0. The summed E-state index contributed by atoms with van der Waals surface area (Å²) in [6.45, 7) is 5.72. The average Bonchev–Trinajstić information content (AvgIpc) is 2.66. The minimum Gasteiger partial charge on any atom is -0.438 e. The number of carbonyl (C=O) groups is 1. The molecular weight excluding hydrogens is 376 g/mol. The Morgan fingerprint density at radius 2 is 1.66 bits per heavy atom. The Labute approximate surface area is 170 Å². The van der Waals surface area contributed by atoms with Crippen molar-refractivity contribution < 1.29 is 23.4 Å². The van der Waals surface area contributed by atoms with E-state index in [9.17, 15) is 18.7 Å². The molecule has 1 saturated heterocycles. The van der Waals surface area contributed by atoms with Crippen LogP contribution >= 0.6 is 0 Å². The molecule has 4 nitrogen and oxygen atoms in total. The fourth-order valence-corrected chi connectivity index (χ4v) is 3.73. The molecule has 1 heterocycles. The Hall–Kier alpha value is -2.47. The van der Waals surface area contributed by atoms with Crippen LogP contribution in [0.1, 0.15) is 57.2 Å². The Kier molecular flexibility index (Phi) is 5.94. The number of hydrogen-bond donors (Lipinski definition) is 1. The highest BCUT2D eigenvalue weighted by Crippen LogP contribution is 2.41. The Balaban J connectivity index is 1.84. The molecule has 0 aliphatic carbocycles. The Bertz CT molecular complexity index is 846. The van der Waals surface area contributed by atoms with Gasteiger partial charge in [-0.3, -0.25) is 0 Å². The number of ether oxygens (including phenoxy) is 1. The van der Waals surface area contributed by atoms with Gasteiger partial charge in [-0.2, -0.15) is 0 Å². The van der Waals surface area contributed by atoms with E-state index in [2.05, 4.69) is 0 Å². The zero-order chi connectivity index (χ0) is 21.2. The number of benzene rings is 2. The lowest BCUT2D eigenvalue weighted by Gasteiger charge is -2.44. The van der Waals surface area contributed by atoms with E-state index in [1.807, 2.05) is 6.92 Å². The van der Waals surface area contributed by atoms with E-state index in [-0.39, 0.29) is 17.7 Å². The van der Waals surface area contributed by atoms with Gasteiger partial charge in [0.1, 0.15) is 17.2 Å². The van der Waals surface area contributed by atoms with Gasteiger partial charge in [0.2, 0.25) is 0 Å². The molecule has 0 aromatic heterocycles. The number of nitrogens with zero attached hydrogens (tertiary/aromatic N) is 1. The number of cyclic esters (lactones) is 1. The van der Waals surface area contributed by atoms with Gasteiger partial charge in [-0.15, -0.1) is 0 Å². The molecule has 1 fully saturated rings. The van der Waals surface area contributed by atoms with Crippen molar-refractivity contribution in [3.8, 4) is 0 Å². The quantitative estimate of drug-likeness (QED) is 0.711. The maximum absolute atomic E-state index is 13.4. The zero-order valence-electron chi connectivity index (χ0n) is 17.0. The predicted molar refractivity (Wildman–Crippen MR) is 106 cm³/mol. The molecule has 0 saturated carbocycles. The molecule has 0 radical (unpaired) electrons. The summed E-state index contributed by atoms with van der Waals surface area (Å²) in [7, 11) is 0. The molecule has 6 heteroatoms. The standard InChI is InChI=1S/C23H27F2NO3/c1-16(17-4-8-19(24)9-5-17)26-15-14-23(29-21(26)27,13-12-22(2,3)28)18-6-10-20(25)11-7-18/h4-11,16,28H,12-15H2,1-3H3/t16-,23+/m0/s1. The molecule has 2 aromatic carbocycles. The number of hydrogen-bond acceptors (Lipinski definition) is 3. The van der Waals surface area contributed by atoms with Crippen molar-refractivity contribution in [1.29, 1.82) is 0 Å². The number of aliphatic hydroxyl groups is 1. The monoisotopic (exact) mass is 403 g/mol. The molecule has 1 aliphatic rings. The van der Waals surface area contributed by atoms with E-state index in [4.69, 9.17) is 4.74 Å². The Morgan fingerprint density at radius 3 is 2.17 bits per heavy atom. The maximum atomic E-state index is 13.4. The molecule has 1 aliphatic heterocycles. The van der Waals surface area contributed by atoms with Crippen LogP contribution in [0.5, 0.6) is 0 Å². The van der Waals surface area contributed by atoms with Gasteiger partial charge in [-0.05, 0) is 69.0 Å².